The van der Waals surface area contributed by atoms with Crippen LogP contribution in [0.5, 0.6) is 5.75 Å². The maximum absolute atomic E-state index is 12.5. The molecule has 1 saturated heterocycles. The van der Waals surface area contributed by atoms with Crippen molar-refractivity contribution in [2.75, 3.05) is 33.4 Å². The summed E-state index contributed by atoms with van der Waals surface area (Å²) in [5.41, 5.74) is 0. The van der Waals surface area contributed by atoms with Gasteiger partial charge in [-0.1, -0.05) is 11.6 Å². The number of carbonyl (C=O) groups excluding carboxylic acids is 1. The predicted molar refractivity (Wildman–Crippen MR) is 94.4 cm³/mol. The van der Waals surface area contributed by atoms with E-state index in [0.29, 0.717) is 19.7 Å². The van der Waals surface area contributed by atoms with Crippen LogP contribution in [-0.2, 0) is 19.6 Å². The number of nitrogens with zero attached hydrogens (tertiary/aromatic N) is 1. The number of halogens is 1. The number of ether oxygens (including phenoxy) is 2. The Bertz CT molecular complexity index is 704. The molecule has 1 aromatic rings. The highest BCUT2D eigenvalue weighted by molar-refractivity contribution is 7.89. The first kappa shape index (κ1) is 20.0. The SMILES string of the molecule is COC[C@@H](C)NC(=O)COc1ccc(S(=O)(=O)N2CCCC2)cc1Cl. The predicted octanol–water partition coefficient (Wildman–Crippen LogP) is 1.65. The molecule has 1 amide bonds. The van der Waals surface area contributed by atoms with Crippen LogP contribution in [0.15, 0.2) is 23.1 Å². The summed E-state index contributed by atoms with van der Waals surface area (Å²) in [7, 11) is -1.98. The monoisotopic (exact) mass is 390 g/mol. The number of hydrogen-bond donors (Lipinski definition) is 1. The van der Waals surface area contributed by atoms with Gasteiger partial charge in [-0.3, -0.25) is 4.79 Å². The van der Waals surface area contributed by atoms with Gasteiger partial charge in [0.05, 0.1) is 16.5 Å². The molecule has 0 aromatic heterocycles. The largest absolute Gasteiger partial charge is 0.482 e. The van der Waals surface area contributed by atoms with Gasteiger partial charge in [0, 0.05) is 26.2 Å². The van der Waals surface area contributed by atoms with Crippen LogP contribution in [0.1, 0.15) is 19.8 Å². The van der Waals surface area contributed by atoms with E-state index in [0.717, 1.165) is 12.8 Å². The van der Waals surface area contributed by atoms with E-state index >= 15 is 0 Å². The number of hydrogen-bond acceptors (Lipinski definition) is 5. The smallest absolute Gasteiger partial charge is 0.258 e. The van der Waals surface area contributed by atoms with Crippen LogP contribution in [0.2, 0.25) is 5.02 Å². The van der Waals surface area contributed by atoms with Crippen molar-refractivity contribution < 1.29 is 22.7 Å². The number of carbonyl (C=O) groups is 1. The Balaban J connectivity index is 1.99. The molecular formula is C16H23ClN2O5S. The van der Waals surface area contributed by atoms with E-state index in [-0.39, 0.29) is 34.2 Å². The van der Waals surface area contributed by atoms with E-state index in [2.05, 4.69) is 5.32 Å². The molecule has 0 saturated carbocycles. The van der Waals surface area contributed by atoms with E-state index in [4.69, 9.17) is 21.1 Å². The van der Waals surface area contributed by atoms with Crippen LogP contribution in [0, 0.1) is 0 Å². The summed E-state index contributed by atoms with van der Waals surface area (Å²) in [6.07, 6.45) is 1.73. The molecule has 7 nitrogen and oxygen atoms in total. The molecule has 1 aliphatic heterocycles. The first-order chi connectivity index (χ1) is 11.8. The lowest BCUT2D eigenvalue weighted by Gasteiger charge is -2.17. The molecule has 0 bridgehead atoms. The van der Waals surface area contributed by atoms with Crippen LogP contribution >= 0.6 is 11.6 Å². The van der Waals surface area contributed by atoms with Gasteiger partial charge in [0.1, 0.15) is 5.75 Å². The highest BCUT2D eigenvalue weighted by Crippen LogP contribution is 2.29. The third kappa shape index (κ3) is 5.31. The maximum Gasteiger partial charge on any atom is 0.258 e. The Morgan fingerprint density at radius 1 is 1.36 bits per heavy atom. The van der Waals surface area contributed by atoms with Crippen LogP contribution < -0.4 is 10.1 Å². The van der Waals surface area contributed by atoms with Crippen molar-refractivity contribution in [1.82, 2.24) is 9.62 Å². The summed E-state index contributed by atoms with van der Waals surface area (Å²) in [6.45, 7) is 3.05. The molecule has 0 aliphatic carbocycles. The fraction of sp³-hybridized carbons (Fsp3) is 0.562. The van der Waals surface area contributed by atoms with Crippen LogP contribution in [0.3, 0.4) is 0 Å². The van der Waals surface area contributed by atoms with Gasteiger partial charge in [-0.2, -0.15) is 4.31 Å². The molecular weight excluding hydrogens is 368 g/mol. The minimum atomic E-state index is -3.53. The molecule has 1 heterocycles. The number of methoxy groups -OCH3 is 1. The second-order valence-corrected chi connectivity index (χ2v) is 8.26. The molecule has 1 N–H and O–H groups in total. The summed E-state index contributed by atoms with van der Waals surface area (Å²) in [5, 5.41) is 2.86. The van der Waals surface area contributed by atoms with Crippen molar-refractivity contribution in [3.63, 3.8) is 0 Å². The first-order valence-electron chi connectivity index (χ1n) is 8.05. The number of rotatable bonds is 8. The van der Waals surface area contributed by atoms with E-state index in [9.17, 15) is 13.2 Å². The Labute approximate surface area is 153 Å². The van der Waals surface area contributed by atoms with Gasteiger partial charge in [0.15, 0.2) is 6.61 Å². The zero-order chi connectivity index (χ0) is 18.4. The molecule has 0 unspecified atom stereocenters. The summed E-state index contributed by atoms with van der Waals surface area (Å²) in [6, 6.07) is 4.14. The van der Waals surface area contributed by atoms with Crippen LogP contribution in [0.4, 0.5) is 0 Å². The molecule has 1 aromatic carbocycles. The van der Waals surface area contributed by atoms with Gasteiger partial charge in [0.25, 0.3) is 5.91 Å². The minimum Gasteiger partial charge on any atom is -0.482 e. The number of sulfonamides is 1. The molecule has 2 rings (SSSR count). The van der Waals surface area contributed by atoms with Gasteiger partial charge < -0.3 is 14.8 Å². The van der Waals surface area contributed by atoms with Crippen molar-refractivity contribution in [2.45, 2.75) is 30.7 Å². The van der Waals surface area contributed by atoms with Gasteiger partial charge in [-0.15, -0.1) is 0 Å². The molecule has 0 spiro atoms. The van der Waals surface area contributed by atoms with E-state index in [1.54, 1.807) is 7.11 Å². The van der Waals surface area contributed by atoms with Gasteiger partial charge in [-0.25, -0.2) is 8.42 Å². The standard InChI is InChI=1S/C16H23ClN2O5S/c1-12(10-23-2)18-16(20)11-24-15-6-5-13(9-14(15)17)25(21,22)19-7-3-4-8-19/h5-6,9,12H,3-4,7-8,10-11H2,1-2H3,(H,18,20)/t12-/m1/s1. The summed E-state index contributed by atoms with van der Waals surface area (Å²) in [5.74, 6) is -0.0500. The summed E-state index contributed by atoms with van der Waals surface area (Å²) < 4.78 is 36.8. The fourth-order valence-electron chi connectivity index (χ4n) is 2.59. The van der Waals surface area contributed by atoms with Crippen LogP contribution in [-0.4, -0.2) is 58.1 Å². The van der Waals surface area contributed by atoms with Crippen LogP contribution in [0.25, 0.3) is 0 Å². The molecule has 0 radical (unpaired) electrons. The van der Waals surface area contributed by atoms with E-state index < -0.39 is 10.0 Å². The highest BCUT2D eigenvalue weighted by atomic mass is 35.5. The van der Waals surface area contributed by atoms with Crippen molar-refractivity contribution in [3.05, 3.63) is 23.2 Å². The van der Waals surface area contributed by atoms with Crippen molar-refractivity contribution in [1.29, 1.82) is 0 Å². The lowest BCUT2D eigenvalue weighted by Crippen LogP contribution is -2.38. The van der Waals surface area contributed by atoms with Crippen molar-refractivity contribution >= 4 is 27.5 Å². The van der Waals surface area contributed by atoms with E-state index in [1.165, 1.54) is 22.5 Å². The zero-order valence-electron chi connectivity index (χ0n) is 14.3. The first-order valence-corrected chi connectivity index (χ1v) is 9.87. The molecule has 140 valence electrons. The lowest BCUT2D eigenvalue weighted by atomic mass is 10.3. The Morgan fingerprint density at radius 2 is 2.04 bits per heavy atom. The Kier molecular flexibility index (Phi) is 7.06. The quantitative estimate of drug-likeness (QED) is 0.729. The van der Waals surface area contributed by atoms with E-state index in [1.807, 2.05) is 6.92 Å². The second-order valence-electron chi connectivity index (χ2n) is 5.92. The minimum absolute atomic E-state index is 0.130. The Morgan fingerprint density at radius 3 is 2.64 bits per heavy atom. The molecule has 25 heavy (non-hydrogen) atoms. The number of benzene rings is 1. The van der Waals surface area contributed by atoms with Crippen molar-refractivity contribution in [2.24, 2.45) is 0 Å². The molecule has 1 aliphatic rings. The fourth-order valence-corrected chi connectivity index (χ4v) is 4.43. The zero-order valence-corrected chi connectivity index (χ0v) is 15.9. The second kappa shape index (κ2) is 8.84. The maximum atomic E-state index is 12.5. The summed E-state index contributed by atoms with van der Waals surface area (Å²) >= 11 is 6.12. The topological polar surface area (TPSA) is 84.9 Å². The van der Waals surface area contributed by atoms with Gasteiger partial charge in [0.2, 0.25) is 10.0 Å². The molecule has 1 atom stereocenters. The molecule has 9 heteroatoms. The normalized spacial score (nSPS) is 16.6. The number of nitrogens with one attached hydrogen (secondary N) is 1. The highest BCUT2D eigenvalue weighted by Gasteiger charge is 2.27. The third-order valence-corrected chi connectivity index (χ3v) is 5.98. The third-order valence-electron chi connectivity index (χ3n) is 3.79. The number of amides is 1. The van der Waals surface area contributed by atoms with Gasteiger partial charge >= 0.3 is 0 Å². The van der Waals surface area contributed by atoms with Gasteiger partial charge in [-0.05, 0) is 38.0 Å². The molecule has 1 fully saturated rings. The average molecular weight is 391 g/mol. The Hall–Kier alpha value is -1.35. The lowest BCUT2D eigenvalue weighted by molar-refractivity contribution is -0.124. The average Bonchev–Trinajstić information content (AvgIpc) is 3.09. The van der Waals surface area contributed by atoms with Crippen molar-refractivity contribution in [3.8, 4) is 5.75 Å². The summed E-state index contributed by atoms with van der Waals surface area (Å²) in [4.78, 5) is 11.9.